The standard InChI is InChI=1S/C13H24N4S/c1-10(2)11-15-16-12(18-11)14-9-13(3,4)17-7-5-6-8-17/h10H,5-9H2,1-4H3,(H,14,16). The number of likely N-dealkylation sites (tertiary alicyclic amines) is 1. The van der Waals surface area contributed by atoms with Gasteiger partial charge in [0.05, 0.1) is 0 Å². The summed E-state index contributed by atoms with van der Waals surface area (Å²) in [7, 11) is 0. The largest absolute Gasteiger partial charge is 0.358 e. The predicted octanol–water partition coefficient (Wildman–Crippen LogP) is 2.95. The first-order chi connectivity index (χ1) is 8.49. The van der Waals surface area contributed by atoms with Crippen LogP contribution in [0.25, 0.3) is 0 Å². The Morgan fingerprint density at radius 3 is 2.50 bits per heavy atom. The van der Waals surface area contributed by atoms with Gasteiger partial charge in [-0.05, 0) is 39.8 Å². The zero-order valence-electron chi connectivity index (χ0n) is 11.9. The van der Waals surface area contributed by atoms with Gasteiger partial charge in [0.15, 0.2) is 0 Å². The molecule has 0 aromatic carbocycles. The fraction of sp³-hybridized carbons (Fsp3) is 0.846. The van der Waals surface area contributed by atoms with Crippen molar-refractivity contribution in [1.29, 1.82) is 0 Å². The third-order valence-electron chi connectivity index (χ3n) is 3.57. The van der Waals surface area contributed by atoms with Crippen LogP contribution < -0.4 is 5.32 Å². The van der Waals surface area contributed by atoms with Crippen LogP contribution in [0.3, 0.4) is 0 Å². The van der Waals surface area contributed by atoms with Gasteiger partial charge in [0.1, 0.15) is 5.01 Å². The Kier molecular flexibility index (Phi) is 4.22. The quantitative estimate of drug-likeness (QED) is 0.891. The summed E-state index contributed by atoms with van der Waals surface area (Å²) in [4.78, 5) is 2.56. The van der Waals surface area contributed by atoms with E-state index in [-0.39, 0.29) is 5.54 Å². The molecular formula is C13H24N4S. The molecule has 0 spiro atoms. The number of hydrogen-bond donors (Lipinski definition) is 1. The lowest BCUT2D eigenvalue weighted by molar-refractivity contribution is 0.168. The topological polar surface area (TPSA) is 41.1 Å². The summed E-state index contributed by atoms with van der Waals surface area (Å²) in [5, 5.41) is 13.9. The van der Waals surface area contributed by atoms with Gasteiger partial charge in [-0.15, -0.1) is 10.2 Å². The second kappa shape index (κ2) is 5.53. The van der Waals surface area contributed by atoms with Crippen LogP contribution in [0.4, 0.5) is 5.13 Å². The van der Waals surface area contributed by atoms with Gasteiger partial charge in [-0.3, -0.25) is 4.90 Å². The summed E-state index contributed by atoms with van der Waals surface area (Å²) >= 11 is 1.67. The Bertz CT molecular complexity index is 380. The molecule has 0 bridgehead atoms. The molecular weight excluding hydrogens is 244 g/mol. The molecule has 0 unspecified atom stereocenters. The van der Waals surface area contributed by atoms with Gasteiger partial charge in [0.25, 0.3) is 0 Å². The third-order valence-corrected chi connectivity index (χ3v) is 4.75. The lowest BCUT2D eigenvalue weighted by atomic mass is 10.0. The van der Waals surface area contributed by atoms with Crippen LogP contribution in [-0.4, -0.2) is 40.3 Å². The van der Waals surface area contributed by atoms with Crippen LogP contribution >= 0.6 is 11.3 Å². The van der Waals surface area contributed by atoms with E-state index in [0.29, 0.717) is 5.92 Å². The van der Waals surface area contributed by atoms with Crippen LogP contribution in [0.2, 0.25) is 0 Å². The van der Waals surface area contributed by atoms with E-state index in [2.05, 4.69) is 48.1 Å². The van der Waals surface area contributed by atoms with Crippen LogP contribution in [0.15, 0.2) is 0 Å². The summed E-state index contributed by atoms with van der Waals surface area (Å²) in [5.74, 6) is 0.463. The van der Waals surface area contributed by atoms with Crippen molar-refractivity contribution >= 4 is 16.5 Å². The van der Waals surface area contributed by atoms with Gasteiger partial charge in [-0.2, -0.15) is 0 Å². The molecule has 1 fully saturated rings. The second-order valence-electron chi connectivity index (χ2n) is 5.96. The minimum absolute atomic E-state index is 0.195. The molecule has 1 aliphatic heterocycles. The highest BCUT2D eigenvalue weighted by Crippen LogP contribution is 2.25. The van der Waals surface area contributed by atoms with Crippen molar-refractivity contribution in [2.75, 3.05) is 25.0 Å². The maximum Gasteiger partial charge on any atom is 0.205 e. The van der Waals surface area contributed by atoms with Gasteiger partial charge >= 0.3 is 0 Å². The fourth-order valence-corrected chi connectivity index (χ4v) is 3.01. The predicted molar refractivity (Wildman–Crippen MR) is 77.4 cm³/mol. The lowest BCUT2D eigenvalue weighted by Gasteiger charge is -2.35. The van der Waals surface area contributed by atoms with Crippen molar-refractivity contribution in [1.82, 2.24) is 15.1 Å². The zero-order valence-corrected chi connectivity index (χ0v) is 12.7. The van der Waals surface area contributed by atoms with Gasteiger partial charge in [0, 0.05) is 18.0 Å². The molecule has 0 radical (unpaired) electrons. The molecule has 102 valence electrons. The number of anilines is 1. The van der Waals surface area contributed by atoms with Crippen molar-refractivity contribution in [3.05, 3.63) is 5.01 Å². The van der Waals surface area contributed by atoms with Crippen LogP contribution in [0, 0.1) is 0 Å². The maximum absolute atomic E-state index is 4.21. The first kappa shape index (κ1) is 13.7. The molecule has 4 nitrogen and oxygen atoms in total. The molecule has 0 saturated carbocycles. The summed E-state index contributed by atoms with van der Waals surface area (Å²) in [5.41, 5.74) is 0.195. The van der Waals surface area contributed by atoms with E-state index in [1.165, 1.54) is 25.9 Å². The molecule has 2 heterocycles. The molecule has 1 N–H and O–H groups in total. The van der Waals surface area contributed by atoms with Gasteiger partial charge in [-0.1, -0.05) is 25.2 Å². The molecule has 0 amide bonds. The lowest BCUT2D eigenvalue weighted by Crippen LogP contribution is -2.47. The number of rotatable bonds is 5. The normalized spacial score (nSPS) is 17.6. The molecule has 18 heavy (non-hydrogen) atoms. The molecule has 0 aliphatic carbocycles. The van der Waals surface area contributed by atoms with Crippen molar-refractivity contribution < 1.29 is 0 Å². The highest BCUT2D eigenvalue weighted by atomic mass is 32.1. The summed E-state index contributed by atoms with van der Waals surface area (Å²) < 4.78 is 0. The molecule has 1 saturated heterocycles. The van der Waals surface area contributed by atoms with E-state index in [1.54, 1.807) is 11.3 Å². The SMILES string of the molecule is CC(C)c1nnc(NCC(C)(C)N2CCCC2)s1. The zero-order chi connectivity index (χ0) is 13.2. The number of nitrogens with one attached hydrogen (secondary N) is 1. The minimum atomic E-state index is 0.195. The first-order valence-electron chi connectivity index (χ1n) is 6.81. The molecule has 0 atom stereocenters. The van der Waals surface area contributed by atoms with E-state index < -0.39 is 0 Å². The summed E-state index contributed by atoms with van der Waals surface area (Å²) in [6, 6.07) is 0. The summed E-state index contributed by atoms with van der Waals surface area (Å²) in [6.07, 6.45) is 2.67. The van der Waals surface area contributed by atoms with Gasteiger partial charge in [-0.25, -0.2) is 0 Å². The van der Waals surface area contributed by atoms with E-state index in [0.717, 1.165) is 16.7 Å². The molecule has 2 rings (SSSR count). The van der Waals surface area contributed by atoms with E-state index >= 15 is 0 Å². The fourth-order valence-electron chi connectivity index (χ4n) is 2.27. The monoisotopic (exact) mass is 268 g/mol. The van der Waals surface area contributed by atoms with Crippen molar-refractivity contribution in [3.63, 3.8) is 0 Å². The van der Waals surface area contributed by atoms with E-state index in [1.807, 2.05) is 0 Å². The van der Waals surface area contributed by atoms with Crippen molar-refractivity contribution in [2.24, 2.45) is 0 Å². The molecule has 1 aromatic heterocycles. The average Bonchev–Trinajstić information content (AvgIpc) is 2.98. The smallest absolute Gasteiger partial charge is 0.205 e. The Balaban J connectivity index is 1.89. The van der Waals surface area contributed by atoms with Crippen LogP contribution in [0.5, 0.6) is 0 Å². The number of nitrogens with zero attached hydrogens (tertiary/aromatic N) is 3. The third kappa shape index (κ3) is 3.20. The Morgan fingerprint density at radius 1 is 1.28 bits per heavy atom. The maximum atomic E-state index is 4.21. The highest BCUT2D eigenvalue weighted by molar-refractivity contribution is 7.15. The number of hydrogen-bond acceptors (Lipinski definition) is 5. The second-order valence-corrected chi connectivity index (χ2v) is 6.97. The minimum Gasteiger partial charge on any atom is -0.358 e. The van der Waals surface area contributed by atoms with Crippen molar-refractivity contribution in [3.8, 4) is 0 Å². The highest BCUT2D eigenvalue weighted by Gasteiger charge is 2.28. The Labute approximate surface area is 114 Å². The van der Waals surface area contributed by atoms with Gasteiger partial charge in [0.2, 0.25) is 5.13 Å². The summed E-state index contributed by atoms with van der Waals surface area (Å²) in [6.45, 7) is 12.3. The van der Waals surface area contributed by atoms with Crippen LogP contribution in [-0.2, 0) is 0 Å². The molecule has 1 aliphatic rings. The Hall–Kier alpha value is -0.680. The van der Waals surface area contributed by atoms with E-state index in [4.69, 9.17) is 0 Å². The van der Waals surface area contributed by atoms with Gasteiger partial charge < -0.3 is 5.32 Å². The molecule has 1 aromatic rings. The van der Waals surface area contributed by atoms with Crippen LogP contribution in [0.1, 0.15) is 51.5 Å². The average molecular weight is 268 g/mol. The van der Waals surface area contributed by atoms with E-state index in [9.17, 15) is 0 Å². The molecule has 5 heteroatoms. The number of aromatic nitrogens is 2. The Morgan fingerprint density at radius 2 is 1.94 bits per heavy atom. The van der Waals surface area contributed by atoms with Crippen molar-refractivity contribution in [2.45, 2.75) is 52.0 Å². The first-order valence-corrected chi connectivity index (χ1v) is 7.63.